The van der Waals surface area contributed by atoms with E-state index in [2.05, 4.69) is 5.43 Å². The van der Waals surface area contributed by atoms with Gasteiger partial charge in [-0.3, -0.25) is 19.8 Å². The fourth-order valence-electron chi connectivity index (χ4n) is 1.88. The summed E-state index contributed by atoms with van der Waals surface area (Å²) in [4.78, 5) is 38.0. The quantitative estimate of drug-likeness (QED) is 0.371. The van der Waals surface area contributed by atoms with Crippen molar-refractivity contribution in [1.29, 1.82) is 0 Å². The molecule has 0 spiro atoms. The molecule has 0 bridgehead atoms. The van der Waals surface area contributed by atoms with Gasteiger partial charge in [0.15, 0.2) is 0 Å². The molecule has 7 nitrogen and oxygen atoms in total. The number of hydrazine groups is 1. The Morgan fingerprint density at radius 2 is 1.78 bits per heavy atom. The van der Waals surface area contributed by atoms with Crippen LogP contribution in [-0.4, -0.2) is 53.7 Å². The molecule has 102 valence electrons. The summed E-state index contributed by atoms with van der Waals surface area (Å²) in [5.41, 5.74) is 1.25. The molecule has 0 radical (unpaired) electrons. The minimum atomic E-state index is -0.820. The Kier molecular flexibility index (Phi) is 4.28. The molecular formula is C11H20N4O3. The molecule has 0 aromatic carbocycles. The highest BCUT2D eigenvalue weighted by Crippen LogP contribution is 2.18. The number of likely N-dealkylation sites (N-methyl/N-ethyl adjacent to an activating group) is 1. The van der Waals surface area contributed by atoms with Crippen LogP contribution in [-0.2, 0) is 14.4 Å². The van der Waals surface area contributed by atoms with Gasteiger partial charge in [0.25, 0.3) is 0 Å². The first-order valence-corrected chi connectivity index (χ1v) is 5.88. The Morgan fingerprint density at radius 1 is 1.28 bits per heavy atom. The van der Waals surface area contributed by atoms with Crippen molar-refractivity contribution in [2.75, 3.05) is 26.2 Å². The van der Waals surface area contributed by atoms with Crippen LogP contribution in [0.1, 0.15) is 20.8 Å². The van der Waals surface area contributed by atoms with Gasteiger partial charge in [-0.15, -0.1) is 0 Å². The van der Waals surface area contributed by atoms with Crippen LogP contribution in [0.2, 0.25) is 0 Å². The molecular weight excluding hydrogens is 236 g/mol. The molecule has 1 fully saturated rings. The van der Waals surface area contributed by atoms with Gasteiger partial charge in [0.05, 0.1) is 18.5 Å². The van der Waals surface area contributed by atoms with E-state index in [1.165, 1.54) is 9.80 Å². The number of hydrogen-bond donors (Lipinski definition) is 2. The van der Waals surface area contributed by atoms with E-state index in [4.69, 9.17) is 5.84 Å². The Bertz CT molecular complexity index is 367. The molecule has 1 aliphatic rings. The van der Waals surface area contributed by atoms with Crippen LogP contribution in [0.3, 0.4) is 0 Å². The van der Waals surface area contributed by atoms with E-state index in [1.807, 2.05) is 6.92 Å². The standard InChI is InChI=1S/C11H20N4O3/c1-4-14-5-9(17)15(6-8(14)16)7-11(2,3)10(18)13-12/h4-7,12H2,1-3H3,(H,13,18). The van der Waals surface area contributed by atoms with Crippen LogP contribution >= 0.6 is 0 Å². The van der Waals surface area contributed by atoms with Crippen LogP contribution in [0, 0.1) is 5.41 Å². The van der Waals surface area contributed by atoms with Gasteiger partial charge in [-0.2, -0.15) is 0 Å². The molecule has 3 N–H and O–H groups in total. The maximum absolute atomic E-state index is 11.9. The number of piperazine rings is 1. The fourth-order valence-corrected chi connectivity index (χ4v) is 1.88. The number of amides is 3. The third-order valence-corrected chi connectivity index (χ3v) is 3.07. The van der Waals surface area contributed by atoms with Crippen molar-refractivity contribution >= 4 is 17.7 Å². The predicted octanol–water partition coefficient (Wildman–Crippen LogP) is -1.31. The van der Waals surface area contributed by atoms with Crippen LogP contribution in [0.5, 0.6) is 0 Å². The highest BCUT2D eigenvalue weighted by atomic mass is 16.2. The first kappa shape index (κ1) is 14.4. The number of carbonyl (C=O) groups is 3. The zero-order chi connectivity index (χ0) is 13.9. The molecule has 0 aromatic heterocycles. The monoisotopic (exact) mass is 256 g/mol. The number of rotatable bonds is 4. The maximum Gasteiger partial charge on any atom is 0.242 e. The molecule has 0 atom stereocenters. The first-order chi connectivity index (χ1) is 8.31. The van der Waals surface area contributed by atoms with E-state index in [9.17, 15) is 14.4 Å². The Morgan fingerprint density at radius 3 is 2.28 bits per heavy atom. The number of nitrogens with two attached hydrogens (primary N) is 1. The first-order valence-electron chi connectivity index (χ1n) is 5.88. The third-order valence-electron chi connectivity index (χ3n) is 3.07. The van der Waals surface area contributed by atoms with Gasteiger partial charge >= 0.3 is 0 Å². The molecule has 0 aromatic rings. The zero-order valence-corrected chi connectivity index (χ0v) is 11.0. The van der Waals surface area contributed by atoms with Gasteiger partial charge in [0.1, 0.15) is 0 Å². The molecule has 1 heterocycles. The summed E-state index contributed by atoms with van der Waals surface area (Å²) in [6.45, 7) is 5.98. The summed E-state index contributed by atoms with van der Waals surface area (Å²) < 4.78 is 0. The lowest BCUT2D eigenvalue weighted by Gasteiger charge is -2.37. The highest BCUT2D eigenvalue weighted by molar-refractivity contribution is 5.93. The number of carbonyl (C=O) groups excluding carboxylic acids is 3. The summed E-state index contributed by atoms with van der Waals surface area (Å²) >= 11 is 0. The molecule has 0 unspecified atom stereocenters. The maximum atomic E-state index is 11.9. The van der Waals surface area contributed by atoms with Crippen molar-refractivity contribution in [1.82, 2.24) is 15.2 Å². The van der Waals surface area contributed by atoms with Crippen molar-refractivity contribution in [3.63, 3.8) is 0 Å². The molecule has 1 saturated heterocycles. The average molecular weight is 256 g/mol. The van der Waals surface area contributed by atoms with E-state index in [0.717, 1.165) is 0 Å². The van der Waals surface area contributed by atoms with Crippen LogP contribution < -0.4 is 11.3 Å². The molecule has 1 aliphatic heterocycles. The summed E-state index contributed by atoms with van der Waals surface area (Å²) in [5, 5.41) is 0. The number of nitrogens with zero attached hydrogens (tertiary/aromatic N) is 2. The lowest BCUT2D eigenvalue weighted by Crippen LogP contribution is -2.57. The zero-order valence-electron chi connectivity index (χ0n) is 11.0. The van der Waals surface area contributed by atoms with E-state index in [0.29, 0.717) is 6.54 Å². The SMILES string of the molecule is CCN1CC(=O)N(CC(C)(C)C(=O)NN)CC1=O. The largest absolute Gasteiger partial charge is 0.332 e. The van der Waals surface area contributed by atoms with E-state index >= 15 is 0 Å². The van der Waals surface area contributed by atoms with E-state index < -0.39 is 5.41 Å². The Balaban J connectivity index is 2.71. The topological polar surface area (TPSA) is 95.7 Å². The smallest absolute Gasteiger partial charge is 0.242 e. The van der Waals surface area contributed by atoms with Crippen molar-refractivity contribution in [2.45, 2.75) is 20.8 Å². The van der Waals surface area contributed by atoms with Crippen molar-refractivity contribution in [3.8, 4) is 0 Å². The predicted molar refractivity (Wildman–Crippen MR) is 64.9 cm³/mol. The van der Waals surface area contributed by atoms with Crippen molar-refractivity contribution in [3.05, 3.63) is 0 Å². The van der Waals surface area contributed by atoms with Gasteiger partial charge in [0, 0.05) is 13.1 Å². The van der Waals surface area contributed by atoms with Gasteiger partial charge in [-0.05, 0) is 20.8 Å². The summed E-state index contributed by atoms with van der Waals surface area (Å²) in [6, 6.07) is 0. The second-order valence-electron chi connectivity index (χ2n) is 5.02. The Hall–Kier alpha value is -1.63. The molecule has 0 saturated carbocycles. The average Bonchev–Trinajstić information content (AvgIpc) is 2.31. The minimum Gasteiger partial charge on any atom is -0.332 e. The number of hydrogen-bond acceptors (Lipinski definition) is 4. The normalized spacial score (nSPS) is 17.1. The number of nitrogens with one attached hydrogen (secondary N) is 1. The lowest BCUT2D eigenvalue weighted by atomic mass is 9.91. The molecule has 7 heteroatoms. The second-order valence-corrected chi connectivity index (χ2v) is 5.02. The summed E-state index contributed by atoms with van der Waals surface area (Å²) in [6.07, 6.45) is 0. The Labute approximate surface area is 106 Å². The third kappa shape index (κ3) is 2.98. The van der Waals surface area contributed by atoms with Gasteiger partial charge in [0.2, 0.25) is 17.7 Å². The molecule has 3 amide bonds. The van der Waals surface area contributed by atoms with Crippen molar-refractivity contribution in [2.24, 2.45) is 11.3 Å². The van der Waals surface area contributed by atoms with E-state index in [-0.39, 0.29) is 37.4 Å². The van der Waals surface area contributed by atoms with E-state index in [1.54, 1.807) is 13.8 Å². The van der Waals surface area contributed by atoms with Crippen molar-refractivity contribution < 1.29 is 14.4 Å². The van der Waals surface area contributed by atoms with Crippen LogP contribution in [0.15, 0.2) is 0 Å². The van der Waals surface area contributed by atoms with Crippen LogP contribution in [0.4, 0.5) is 0 Å². The lowest BCUT2D eigenvalue weighted by molar-refractivity contribution is -0.152. The van der Waals surface area contributed by atoms with Gasteiger partial charge < -0.3 is 9.80 Å². The molecule has 0 aliphatic carbocycles. The fraction of sp³-hybridized carbons (Fsp3) is 0.727. The second kappa shape index (κ2) is 5.34. The van der Waals surface area contributed by atoms with Crippen LogP contribution in [0.25, 0.3) is 0 Å². The minimum absolute atomic E-state index is 0.0218. The molecule has 1 rings (SSSR count). The summed E-state index contributed by atoms with van der Waals surface area (Å²) in [5.74, 6) is 4.49. The van der Waals surface area contributed by atoms with Gasteiger partial charge in [-0.1, -0.05) is 0 Å². The summed E-state index contributed by atoms with van der Waals surface area (Å²) in [7, 11) is 0. The highest BCUT2D eigenvalue weighted by Gasteiger charge is 2.35. The van der Waals surface area contributed by atoms with Gasteiger partial charge in [-0.25, -0.2) is 5.84 Å². The molecule has 18 heavy (non-hydrogen) atoms.